The highest BCUT2D eigenvalue weighted by molar-refractivity contribution is 7.92. The molecule has 0 unspecified atom stereocenters. The molecule has 1 amide bonds. The van der Waals surface area contributed by atoms with Crippen LogP contribution >= 0.6 is 0 Å². The lowest BCUT2D eigenvalue weighted by molar-refractivity contribution is -0.124. The van der Waals surface area contributed by atoms with Crippen molar-refractivity contribution in [2.24, 2.45) is 5.92 Å². The molecule has 0 saturated heterocycles. The predicted octanol–water partition coefficient (Wildman–Crippen LogP) is 6.26. The van der Waals surface area contributed by atoms with Crippen molar-refractivity contribution in [3.63, 3.8) is 0 Å². The minimum absolute atomic E-state index is 0.128. The molecule has 0 aliphatic heterocycles. The van der Waals surface area contributed by atoms with Crippen molar-refractivity contribution in [2.75, 3.05) is 4.72 Å². The zero-order valence-electron chi connectivity index (χ0n) is 20.8. The summed E-state index contributed by atoms with van der Waals surface area (Å²) in [5.41, 5.74) is 2.28. The summed E-state index contributed by atoms with van der Waals surface area (Å²) in [7, 11) is -3.66. The molecule has 0 radical (unpaired) electrons. The van der Waals surface area contributed by atoms with E-state index in [2.05, 4.69) is 17.0 Å². The van der Waals surface area contributed by atoms with Gasteiger partial charge in [0, 0.05) is 11.7 Å². The van der Waals surface area contributed by atoms with Crippen LogP contribution in [0.1, 0.15) is 94.6 Å². The van der Waals surface area contributed by atoms with Gasteiger partial charge in [0.1, 0.15) is 0 Å². The Hall–Kier alpha value is -2.34. The van der Waals surface area contributed by atoms with E-state index in [1.165, 1.54) is 50.5 Å². The van der Waals surface area contributed by atoms with Crippen molar-refractivity contribution in [2.45, 2.75) is 99.8 Å². The second kappa shape index (κ2) is 9.96. The number of carbonyl (C=O) groups is 1. The van der Waals surface area contributed by atoms with Crippen molar-refractivity contribution in [1.82, 2.24) is 5.32 Å². The maximum Gasteiger partial charge on any atom is 0.261 e. The largest absolute Gasteiger partial charge is 0.353 e. The average Bonchev–Trinajstić information content (AvgIpc) is 3.69. The predicted molar refractivity (Wildman–Crippen MR) is 140 cm³/mol. The van der Waals surface area contributed by atoms with Crippen molar-refractivity contribution in [1.29, 1.82) is 0 Å². The van der Waals surface area contributed by atoms with Crippen molar-refractivity contribution in [3.8, 4) is 0 Å². The van der Waals surface area contributed by atoms with Gasteiger partial charge in [0.15, 0.2) is 0 Å². The van der Waals surface area contributed by atoms with E-state index in [9.17, 15) is 13.2 Å². The highest BCUT2D eigenvalue weighted by atomic mass is 32.2. The van der Waals surface area contributed by atoms with Crippen LogP contribution in [0, 0.1) is 5.92 Å². The zero-order valence-corrected chi connectivity index (χ0v) is 21.6. The number of hydrogen-bond donors (Lipinski definition) is 2. The monoisotopic (exact) mass is 494 g/mol. The fraction of sp³-hybridized carbons (Fsp3) is 0.552. The van der Waals surface area contributed by atoms with E-state index in [1.54, 1.807) is 24.3 Å². The number of anilines is 1. The summed E-state index contributed by atoms with van der Waals surface area (Å²) in [4.78, 5) is 13.4. The molecule has 3 aliphatic rings. The van der Waals surface area contributed by atoms with Gasteiger partial charge in [0.25, 0.3) is 10.0 Å². The molecule has 0 spiro atoms. The first-order valence-corrected chi connectivity index (χ1v) is 14.9. The van der Waals surface area contributed by atoms with Crippen LogP contribution in [0.4, 0.5) is 5.69 Å². The van der Waals surface area contributed by atoms with Crippen molar-refractivity contribution in [3.05, 3.63) is 59.7 Å². The molecule has 2 N–H and O–H groups in total. The van der Waals surface area contributed by atoms with Gasteiger partial charge in [-0.05, 0) is 98.6 Å². The van der Waals surface area contributed by atoms with Gasteiger partial charge in [0.05, 0.1) is 10.3 Å². The second-order valence-corrected chi connectivity index (χ2v) is 12.8. The summed E-state index contributed by atoms with van der Waals surface area (Å²) >= 11 is 0. The molecular weight excluding hydrogens is 456 g/mol. The first-order chi connectivity index (χ1) is 16.9. The highest BCUT2D eigenvalue weighted by Crippen LogP contribution is 2.49. The van der Waals surface area contributed by atoms with Crippen molar-refractivity contribution < 1.29 is 13.2 Å². The van der Waals surface area contributed by atoms with Crippen LogP contribution in [0.5, 0.6) is 0 Å². The smallest absolute Gasteiger partial charge is 0.261 e. The summed E-state index contributed by atoms with van der Waals surface area (Å²) in [5, 5.41) is 3.29. The summed E-state index contributed by atoms with van der Waals surface area (Å²) < 4.78 is 28.6. The fourth-order valence-corrected chi connectivity index (χ4v) is 6.98. The Bertz CT molecular complexity index is 1120. The Morgan fingerprint density at radius 1 is 0.829 bits per heavy atom. The molecule has 5 nitrogen and oxygen atoms in total. The highest BCUT2D eigenvalue weighted by Gasteiger charge is 2.51. The first-order valence-electron chi connectivity index (χ1n) is 13.4. The number of hydrogen-bond acceptors (Lipinski definition) is 3. The third-order valence-electron chi connectivity index (χ3n) is 8.49. The second-order valence-electron chi connectivity index (χ2n) is 11.1. The average molecular weight is 495 g/mol. The van der Waals surface area contributed by atoms with Crippen LogP contribution in [-0.2, 0) is 20.2 Å². The first kappa shape index (κ1) is 24.4. The SMILES string of the molecule is CC1CCC(NC(=O)C2(c3ccc(NS(=O)(=O)c4ccc(C5CCCCC5)cc4)cc3)CC2)CC1. The van der Waals surface area contributed by atoms with E-state index in [4.69, 9.17) is 0 Å². The van der Waals surface area contributed by atoms with Gasteiger partial charge in [-0.1, -0.05) is 50.5 Å². The van der Waals surface area contributed by atoms with Gasteiger partial charge in [-0.15, -0.1) is 0 Å². The molecule has 0 heterocycles. The molecule has 0 aromatic heterocycles. The lowest BCUT2D eigenvalue weighted by atomic mass is 9.84. The Balaban J connectivity index is 1.22. The zero-order chi connectivity index (χ0) is 24.5. The molecule has 0 bridgehead atoms. The van der Waals surface area contributed by atoms with Crippen LogP contribution in [0.15, 0.2) is 53.4 Å². The van der Waals surface area contributed by atoms with Crippen LogP contribution in [-0.4, -0.2) is 20.4 Å². The summed E-state index contributed by atoms with van der Waals surface area (Å²) in [5.74, 6) is 1.43. The minimum atomic E-state index is -3.66. The molecule has 3 aliphatic carbocycles. The molecular formula is C29H38N2O3S. The van der Waals surface area contributed by atoms with Gasteiger partial charge in [-0.25, -0.2) is 8.42 Å². The molecule has 188 valence electrons. The lowest BCUT2D eigenvalue weighted by Crippen LogP contribution is -2.43. The number of carbonyl (C=O) groups excluding carboxylic acids is 1. The standard InChI is InChI=1S/C29H38N2O3S/c1-21-7-13-25(14-8-21)30-28(32)29(19-20-29)24-11-15-26(16-12-24)31-35(33,34)27-17-9-23(10-18-27)22-5-3-2-4-6-22/h9-12,15-18,21-22,25,31H,2-8,13-14,19-20H2,1H3,(H,30,32). The van der Waals surface area contributed by atoms with Crippen LogP contribution in [0.3, 0.4) is 0 Å². The maximum absolute atomic E-state index is 13.1. The van der Waals surface area contributed by atoms with Gasteiger partial charge in [-0.2, -0.15) is 0 Å². The Kier molecular flexibility index (Phi) is 6.93. The number of rotatable bonds is 7. The normalized spacial score (nSPS) is 24.5. The maximum atomic E-state index is 13.1. The molecule has 0 atom stereocenters. The van der Waals surface area contributed by atoms with E-state index in [-0.39, 0.29) is 16.8 Å². The van der Waals surface area contributed by atoms with Gasteiger partial charge < -0.3 is 5.32 Å². The van der Waals surface area contributed by atoms with Gasteiger partial charge >= 0.3 is 0 Å². The Morgan fingerprint density at radius 2 is 1.46 bits per heavy atom. The van der Waals surface area contributed by atoms with Crippen LogP contribution < -0.4 is 10.0 Å². The lowest BCUT2D eigenvalue weighted by Gasteiger charge is -2.28. The van der Waals surface area contributed by atoms with E-state index in [1.807, 2.05) is 24.3 Å². The van der Waals surface area contributed by atoms with Gasteiger partial charge in [-0.3, -0.25) is 9.52 Å². The fourth-order valence-electron chi connectivity index (χ4n) is 5.93. The topological polar surface area (TPSA) is 75.3 Å². The third kappa shape index (κ3) is 5.42. The van der Waals surface area contributed by atoms with E-state index in [0.717, 1.165) is 37.2 Å². The Morgan fingerprint density at radius 3 is 2.06 bits per heavy atom. The minimum Gasteiger partial charge on any atom is -0.353 e. The van der Waals surface area contributed by atoms with Crippen molar-refractivity contribution >= 4 is 21.6 Å². The van der Waals surface area contributed by atoms with Gasteiger partial charge in [0.2, 0.25) is 5.91 Å². The summed E-state index contributed by atoms with van der Waals surface area (Å²) in [6.07, 6.45) is 12.4. The van der Waals surface area contributed by atoms with E-state index < -0.39 is 15.4 Å². The number of amides is 1. The molecule has 6 heteroatoms. The molecule has 3 saturated carbocycles. The summed E-state index contributed by atoms with van der Waals surface area (Å²) in [6.45, 7) is 2.28. The molecule has 35 heavy (non-hydrogen) atoms. The third-order valence-corrected chi connectivity index (χ3v) is 9.89. The van der Waals surface area contributed by atoms with Crippen LogP contribution in [0.2, 0.25) is 0 Å². The quantitative estimate of drug-likeness (QED) is 0.477. The molecule has 3 fully saturated rings. The molecule has 2 aromatic carbocycles. The molecule has 2 aromatic rings. The number of nitrogens with one attached hydrogen (secondary N) is 2. The Labute approximate surface area is 210 Å². The number of benzene rings is 2. The van der Waals surface area contributed by atoms with E-state index in [0.29, 0.717) is 11.6 Å². The number of sulfonamides is 1. The van der Waals surface area contributed by atoms with E-state index >= 15 is 0 Å². The van der Waals surface area contributed by atoms with Crippen LogP contribution in [0.25, 0.3) is 0 Å². The summed E-state index contributed by atoms with van der Waals surface area (Å²) in [6, 6.07) is 15.0. The molecule has 5 rings (SSSR count).